The molecule has 0 bridgehead atoms. The number of amides is 1. The molecular formula is C18H18N4O2. The molecule has 1 amide bonds. The van der Waals surface area contributed by atoms with Crippen molar-refractivity contribution < 1.29 is 9.53 Å². The fourth-order valence-electron chi connectivity index (χ4n) is 3.14. The Labute approximate surface area is 139 Å². The van der Waals surface area contributed by atoms with E-state index in [0.717, 1.165) is 10.9 Å². The van der Waals surface area contributed by atoms with Gasteiger partial charge in [0.15, 0.2) is 5.65 Å². The van der Waals surface area contributed by atoms with Gasteiger partial charge in [0.2, 0.25) is 0 Å². The van der Waals surface area contributed by atoms with Crippen LogP contribution in [-0.4, -0.2) is 45.2 Å². The zero-order chi connectivity index (χ0) is 16.5. The third kappa shape index (κ3) is 2.55. The molecule has 1 fully saturated rings. The number of benzene rings is 1. The molecule has 6 heteroatoms. The summed E-state index contributed by atoms with van der Waals surface area (Å²) in [7, 11) is 0. The van der Waals surface area contributed by atoms with Gasteiger partial charge >= 0.3 is 0 Å². The molecule has 122 valence electrons. The molecule has 0 radical (unpaired) electrons. The van der Waals surface area contributed by atoms with Crippen LogP contribution in [0, 0.1) is 0 Å². The molecule has 2 atom stereocenters. The highest BCUT2D eigenvalue weighted by Gasteiger charge is 2.33. The number of hydrogen-bond acceptors (Lipinski definition) is 4. The molecule has 3 heterocycles. The van der Waals surface area contributed by atoms with Gasteiger partial charge in [0.1, 0.15) is 5.69 Å². The molecule has 24 heavy (non-hydrogen) atoms. The van der Waals surface area contributed by atoms with Crippen molar-refractivity contribution in [1.82, 2.24) is 20.1 Å². The highest BCUT2D eigenvalue weighted by atomic mass is 16.5. The molecule has 6 nitrogen and oxygen atoms in total. The molecule has 1 aliphatic rings. The van der Waals surface area contributed by atoms with Crippen LogP contribution in [0.15, 0.2) is 48.7 Å². The quantitative estimate of drug-likeness (QED) is 0.787. The Hall–Kier alpha value is -2.73. The highest BCUT2D eigenvalue weighted by Crippen LogP contribution is 2.28. The van der Waals surface area contributed by atoms with Crippen molar-refractivity contribution in [3.05, 3.63) is 59.9 Å². The van der Waals surface area contributed by atoms with Gasteiger partial charge < -0.3 is 9.64 Å². The molecule has 1 N–H and O–H groups in total. The lowest BCUT2D eigenvalue weighted by Crippen LogP contribution is -2.47. The summed E-state index contributed by atoms with van der Waals surface area (Å²) in [6, 6.07) is 13.5. The average molecular weight is 322 g/mol. The van der Waals surface area contributed by atoms with Gasteiger partial charge in [0.25, 0.3) is 5.91 Å². The molecule has 0 aliphatic carbocycles. The van der Waals surface area contributed by atoms with Gasteiger partial charge in [0.05, 0.1) is 24.1 Å². The van der Waals surface area contributed by atoms with Gasteiger partial charge in [-0.25, -0.2) is 4.98 Å². The van der Waals surface area contributed by atoms with E-state index in [1.165, 1.54) is 0 Å². The predicted molar refractivity (Wildman–Crippen MR) is 89.5 cm³/mol. The normalized spacial score (nSPS) is 21.1. The number of aromatic amines is 1. The van der Waals surface area contributed by atoms with Crippen LogP contribution in [0.25, 0.3) is 11.0 Å². The first kappa shape index (κ1) is 14.8. The van der Waals surface area contributed by atoms with Gasteiger partial charge in [-0.15, -0.1) is 0 Å². The summed E-state index contributed by atoms with van der Waals surface area (Å²) in [5.74, 6) is -0.0745. The molecule has 1 saturated heterocycles. The SMILES string of the molecule is C[C@@H]1CN(C(=O)c2[nH]nc3ncccc23)[C@H](c2ccccc2)CO1. The van der Waals surface area contributed by atoms with E-state index in [0.29, 0.717) is 24.5 Å². The number of fused-ring (bicyclic) bond motifs is 1. The lowest BCUT2D eigenvalue weighted by Gasteiger charge is -2.38. The average Bonchev–Trinajstić information content (AvgIpc) is 3.06. The molecule has 0 spiro atoms. The number of carbonyl (C=O) groups excluding carboxylic acids is 1. The van der Waals surface area contributed by atoms with E-state index in [1.807, 2.05) is 54.3 Å². The Morgan fingerprint density at radius 1 is 1.25 bits per heavy atom. The minimum atomic E-state index is -0.107. The Bertz CT molecular complexity index is 862. The van der Waals surface area contributed by atoms with Gasteiger partial charge in [-0.2, -0.15) is 5.10 Å². The van der Waals surface area contributed by atoms with Crippen molar-refractivity contribution in [3.63, 3.8) is 0 Å². The summed E-state index contributed by atoms with van der Waals surface area (Å²) >= 11 is 0. The smallest absolute Gasteiger partial charge is 0.273 e. The van der Waals surface area contributed by atoms with Crippen LogP contribution in [0.2, 0.25) is 0 Å². The maximum absolute atomic E-state index is 13.2. The predicted octanol–water partition coefficient (Wildman–Crippen LogP) is 2.56. The minimum Gasteiger partial charge on any atom is -0.374 e. The van der Waals surface area contributed by atoms with Gasteiger partial charge in [-0.05, 0) is 24.6 Å². The maximum atomic E-state index is 13.2. The molecule has 0 unspecified atom stereocenters. The minimum absolute atomic E-state index is 0.00113. The number of H-pyrrole nitrogens is 1. The number of pyridine rings is 1. The van der Waals surface area contributed by atoms with E-state index in [9.17, 15) is 4.79 Å². The summed E-state index contributed by atoms with van der Waals surface area (Å²) in [6.07, 6.45) is 1.67. The zero-order valence-corrected chi connectivity index (χ0v) is 13.3. The van der Waals surface area contributed by atoms with E-state index >= 15 is 0 Å². The summed E-state index contributed by atoms with van der Waals surface area (Å²) in [5, 5.41) is 7.73. The Kier molecular flexibility index (Phi) is 3.74. The van der Waals surface area contributed by atoms with E-state index < -0.39 is 0 Å². The second-order valence-electron chi connectivity index (χ2n) is 6.00. The van der Waals surface area contributed by atoms with Crippen molar-refractivity contribution in [3.8, 4) is 0 Å². The number of hydrogen-bond donors (Lipinski definition) is 1. The summed E-state index contributed by atoms with van der Waals surface area (Å²) in [6.45, 7) is 3.01. The summed E-state index contributed by atoms with van der Waals surface area (Å²) in [5.41, 5.74) is 2.10. The van der Waals surface area contributed by atoms with E-state index in [-0.39, 0.29) is 18.1 Å². The van der Waals surface area contributed by atoms with Crippen molar-refractivity contribution in [1.29, 1.82) is 0 Å². The van der Waals surface area contributed by atoms with Crippen LogP contribution in [0.1, 0.15) is 29.0 Å². The van der Waals surface area contributed by atoms with Crippen LogP contribution in [0.5, 0.6) is 0 Å². The van der Waals surface area contributed by atoms with E-state index in [2.05, 4.69) is 15.2 Å². The van der Waals surface area contributed by atoms with Crippen molar-refractivity contribution in [2.24, 2.45) is 0 Å². The molecule has 0 saturated carbocycles. The van der Waals surface area contributed by atoms with Crippen LogP contribution in [0.4, 0.5) is 0 Å². The maximum Gasteiger partial charge on any atom is 0.273 e. The van der Waals surface area contributed by atoms with E-state index in [1.54, 1.807) is 6.20 Å². The van der Waals surface area contributed by atoms with Crippen LogP contribution < -0.4 is 0 Å². The Morgan fingerprint density at radius 3 is 2.92 bits per heavy atom. The number of ether oxygens (including phenoxy) is 1. The van der Waals surface area contributed by atoms with Crippen LogP contribution >= 0.6 is 0 Å². The first-order valence-electron chi connectivity index (χ1n) is 8.00. The van der Waals surface area contributed by atoms with Crippen molar-refractivity contribution in [2.75, 3.05) is 13.2 Å². The zero-order valence-electron chi connectivity index (χ0n) is 13.3. The Morgan fingerprint density at radius 2 is 2.08 bits per heavy atom. The van der Waals surface area contributed by atoms with Crippen LogP contribution in [-0.2, 0) is 4.74 Å². The summed E-state index contributed by atoms with van der Waals surface area (Å²) in [4.78, 5) is 19.2. The first-order valence-corrected chi connectivity index (χ1v) is 8.00. The molecule has 4 rings (SSSR count). The standard InChI is InChI=1S/C18H18N4O2/c1-12-10-22(15(11-24-12)13-6-3-2-4-7-13)18(23)16-14-8-5-9-19-17(14)21-20-16/h2-9,12,15H,10-11H2,1H3,(H,19,20,21)/t12-,15+/m1/s1. The number of nitrogens with zero attached hydrogens (tertiary/aromatic N) is 3. The topological polar surface area (TPSA) is 71.1 Å². The second kappa shape index (κ2) is 6.05. The molecule has 1 aliphatic heterocycles. The fourth-order valence-corrected chi connectivity index (χ4v) is 3.14. The fraction of sp³-hybridized carbons (Fsp3) is 0.278. The van der Waals surface area contributed by atoms with E-state index in [4.69, 9.17) is 4.74 Å². The molecule has 2 aromatic heterocycles. The van der Waals surface area contributed by atoms with Crippen LogP contribution in [0.3, 0.4) is 0 Å². The second-order valence-corrected chi connectivity index (χ2v) is 6.00. The van der Waals surface area contributed by atoms with Crippen molar-refractivity contribution in [2.45, 2.75) is 19.1 Å². The number of carbonyl (C=O) groups is 1. The number of aromatic nitrogens is 3. The third-order valence-electron chi connectivity index (χ3n) is 4.36. The first-order chi connectivity index (χ1) is 11.7. The van der Waals surface area contributed by atoms with Gasteiger partial charge in [0, 0.05) is 12.7 Å². The van der Waals surface area contributed by atoms with Gasteiger partial charge in [-0.1, -0.05) is 30.3 Å². The number of rotatable bonds is 2. The van der Waals surface area contributed by atoms with Gasteiger partial charge in [-0.3, -0.25) is 9.89 Å². The third-order valence-corrected chi connectivity index (χ3v) is 4.36. The molecule has 1 aromatic carbocycles. The van der Waals surface area contributed by atoms with Crippen molar-refractivity contribution >= 4 is 16.9 Å². The summed E-state index contributed by atoms with van der Waals surface area (Å²) < 4.78 is 5.80. The molecule has 3 aromatic rings. The number of morpholine rings is 1. The number of nitrogens with one attached hydrogen (secondary N) is 1. The highest BCUT2D eigenvalue weighted by molar-refractivity contribution is 6.04. The monoisotopic (exact) mass is 322 g/mol. The largest absolute Gasteiger partial charge is 0.374 e. The lowest BCUT2D eigenvalue weighted by molar-refractivity contribution is -0.0448. The lowest BCUT2D eigenvalue weighted by atomic mass is 10.0. The molecular weight excluding hydrogens is 304 g/mol. The Balaban J connectivity index is 1.72.